The molecule has 2 aromatic rings. The normalized spacial score (nSPS) is 16.8. The molecule has 4 rings (SSSR count). The molecule has 1 amide bonds. The second-order valence-corrected chi connectivity index (χ2v) is 11.8. The highest BCUT2D eigenvalue weighted by molar-refractivity contribution is 6.35. The fourth-order valence-electron chi connectivity index (χ4n) is 5.27. The van der Waals surface area contributed by atoms with E-state index >= 15 is 4.39 Å². The van der Waals surface area contributed by atoms with Crippen LogP contribution in [0.1, 0.15) is 73.4 Å². The highest BCUT2D eigenvalue weighted by atomic mass is 35.5. The van der Waals surface area contributed by atoms with Crippen LogP contribution in [0.25, 0.3) is 11.3 Å². The van der Waals surface area contributed by atoms with Crippen LogP contribution in [0.4, 0.5) is 22.4 Å². The van der Waals surface area contributed by atoms with Gasteiger partial charge in [0, 0.05) is 22.7 Å². The van der Waals surface area contributed by atoms with Gasteiger partial charge in [-0.3, -0.25) is 4.79 Å². The Bertz CT molecular complexity index is 1520. The summed E-state index contributed by atoms with van der Waals surface area (Å²) in [7, 11) is 0. The molecule has 226 valence electrons. The molecular formula is C29H30ClF4N3O5. The number of aromatic carboxylic acids is 1. The van der Waals surface area contributed by atoms with Crippen molar-refractivity contribution in [3.05, 3.63) is 63.6 Å². The maximum absolute atomic E-state index is 15.2. The average molecular weight is 612 g/mol. The average Bonchev–Trinajstić information content (AvgIpc) is 3.61. The van der Waals surface area contributed by atoms with Crippen molar-refractivity contribution >= 4 is 29.6 Å². The number of amides is 1. The number of hydrogen-bond acceptors (Lipinski definition) is 5. The van der Waals surface area contributed by atoms with Gasteiger partial charge in [-0.2, -0.15) is 23.0 Å². The van der Waals surface area contributed by atoms with E-state index in [4.69, 9.17) is 16.3 Å². The summed E-state index contributed by atoms with van der Waals surface area (Å²) in [4.78, 5) is 39.6. The highest BCUT2D eigenvalue weighted by Crippen LogP contribution is 2.64. The highest BCUT2D eigenvalue weighted by Gasteiger charge is 2.65. The van der Waals surface area contributed by atoms with E-state index in [0.717, 1.165) is 10.7 Å². The zero-order valence-corrected chi connectivity index (χ0v) is 24.2. The molecule has 0 unspecified atom stereocenters. The minimum atomic E-state index is -4.63. The number of alkyl halides is 3. The number of hydrogen-bond donors (Lipinski definition) is 1. The molecule has 0 bridgehead atoms. The third-order valence-electron chi connectivity index (χ3n) is 7.39. The lowest BCUT2D eigenvalue weighted by Gasteiger charge is -2.30. The van der Waals surface area contributed by atoms with Crippen LogP contribution in [0.5, 0.6) is 0 Å². The van der Waals surface area contributed by atoms with Gasteiger partial charge in [0.15, 0.2) is 0 Å². The number of carboxylic acid groups (broad SMARTS) is 1. The Balaban J connectivity index is 1.91. The molecule has 1 N–H and O–H groups in total. The Morgan fingerprint density at radius 1 is 1.19 bits per heavy atom. The number of carbonyl (C=O) groups excluding carboxylic acids is 2. The van der Waals surface area contributed by atoms with Gasteiger partial charge in [0.05, 0.1) is 34.5 Å². The number of benzene rings is 1. The molecule has 1 saturated carbocycles. The molecule has 1 aromatic carbocycles. The number of carbonyl (C=O) groups is 3. The molecule has 0 atom stereocenters. The molecule has 2 heterocycles. The first-order valence-corrected chi connectivity index (χ1v) is 13.6. The van der Waals surface area contributed by atoms with Gasteiger partial charge >= 0.3 is 18.2 Å². The van der Waals surface area contributed by atoms with Crippen LogP contribution < -0.4 is 0 Å². The second kappa shape index (κ2) is 10.9. The van der Waals surface area contributed by atoms with Gasteiger partial charge < -0.3 is 14.7 Å². The Morgan fingerprint density at radius 2 is 1.83 bits per heavy atom. The monoisotopic (exact) mass is 611 g/mol. The number of allylic oxidation sites excluding steroid dienone is 3. The summed E-state index contributed by atoms with van der Waals surface area (Å²) in [6.07, 6.45) is -5.78. The van der Waals surface area contributed by atoms with Gasteiger partial charge in [0.1, 0.15) is 11.4 Å². The topological polar surface area (TPSA) is 102 Å². The lowest BCUT2D eigenvalue weighted by molar-refractivity contribution is -0.175. The zero-order chi connectivity index (χ0) is 31.4. The van der Waals surface area contributed by atoms with Crippen LogP contribution in [0.15, 0.2) is 41.0 Å². The lowest BCUT2D eigenvalue weighted by atomic mass is 9.87. The summed E-state index contributed by atoms with van der Waals surface area (Å²) in [6, 6.07) is 3.18. The Hall–Kier alpha value is -3.67. The van der Waals surface area contributed by atoms with Crippen molar-refractivity contribution in [1.82, 2.24) is 14.7 Å². The molecule has 1 fully saturated rings. The Kier molecular flexibility index (Phi) is 8.09. The second-order valence-electron chi connectivity index (χ2n) is 11.3. The van der Waals surface area contributed by atoms with E-state index < -0.39 is 51.6 Å². The fourth-order valence-corrected chi connectivity index (χ4v) is 5.47. The van der Waals surface area contributed by atoms with Crippen LogP contribution in [0.3, 0.4) is 0 Å². The van der Waals surface area contributed by atoms with Gasteiger partial charge in [0.2, 0.25) is 0 Å². The molecule has 42 heavy (non-hydrogen) atoms. The zero-order valence-electron chi connectivity index (χ0n) is 23.5. The van der Waals surface area contributed by atoms with Crippen molar-refractivity contribution in [2.75, 3.05) is 6.54 Å². The first-order chi connectivity index (χ1) is 19.4. The van der Waals surface area contributed by atoms with Crippen molar-refractivity contribution in [1.29, 1.82) is 0 Å². The first-order valence-electron chi connectivity index (χ1n) is 13.2. The quantitative estimate of drug-likeness (QED) is 0.212. The summed E-state index contributed by atoms with van der Waals surface area (Å²) in [5.41, 5.74) is -3.64. The third-order valence-corrected chi connectivity index (χ3v) is 7.58. The Morgan fingerprint density at radius 3 is 2.31 bits per heavy atom. The molecular weight excluding hydrogens is 582 g/mol. The van der Waals surface area contributed by atoms with E-state index in [1.807, 2.05) is 0 Å². The van der Waals surface area contributed by atoms with Crippen molar-refractivity contribution in [3.63, 3.8) is 0 Å². The van der Waals surface area contributed by atoms with E-state index in [0.29, 0.717) is 5.56 Å². The summed E-state index contributed by atoms with van der Waals surface area (Å²) in [5.74, 6) is -3.28. The molecule has 2 aliphatic rings. The van der Waals surface area contributed by atoms with Crippen LogP contribution >= 0.6 is 11.6 Å². The molecule has 0 radical (unpaired) electrons. The SMILES string of the molecule is C=C(Cl)/C(C(=O)n1nc(-c2ccc(C(=O)O)cc2F)c2c1CN(C(=O)OC(C)(C)C)CC2)=C(\CC)C1(C(F)(F)F)CC1. The number of carboxylic acids is 1. The molecule has 1 aliphatic carbocycles. The number of fused-ring (bicyclic) bond motifs is 1. The number of aromatic nitrogens is 2. The summed E-state index contributed by atoms with van der Waals surface area (Å²) in [6.45, 7) is 10.0. The lowest BCUT2D eigenvalue weighted by Crippen LogP contribution is -2.41. The number of rotatable bonds is 6. The molecule has 13 heteroatoms. The molecule has 1 aliphatic heterocycles. The predicted octanol–water partition coefficient (Wildman–Crippen LogP) is 7.12. The number of ether oxygens (including phenoxy) is 1. The van der Waals surface area contributed by atoms with E-state index in [1.165, 1.54) is 24.0 Å². The van der Waals surface area contributed by atoms with Crippen molar-refractivity contribution in [2.45, 2.75) is 71.7 Å². The van der Waals surface area contributed by atoms with Crippen molar-refractivity contribution in [3.8, 4) is 11.3 Å². The smallest absolute Gasteiger partial charge is 0.410 e. The maximum Gasteiger partial charge on any atom is 0.410 e. The van der Waals surface area contributed by atoms with Crippen LogP contribution in [0.2, 0.25) is 0 Å². The predicted molar refractivity (Wildman–Crippen MR) is 146 cm³/mol. The Labute approximate surface area is 244 Å². The fraction of sp³-hybridized carbons (Fsp3) is 0.448. The van der Waals surface area contributed by atoms with Gasteiger partial charge in [-0.15, -0.1) is 0 Å². The van der Waals surface area contributed by atoms with Gasteiger partial charge in [-0.1, -0.05) is 25.1 Å². The maximum atomic E-state index is 15.2. The van der Waals surface area contributed by atoms with E-state index in [2.05, 4.69) is 11.7 Å². The largest absolute Gasteiger partial charge is 0.478 e. The van der Waals surface area contributed by atoms with Crippen molar-refractivity contribution < 1.29 is 41.8 Å². The minimum Gasteiger partial charge on any atom is -0.478 e. The summed E-state index contributed by atoms with van der Waals surface area (Å²) < 4.78 is 63.9. The molecule has 1 aromatic heterocycles. The van der Waals surface area contributed by atoms with Crippen LogP contribution in [-0.4, -0.2) is 56.1 Å². The molecule has 0 spiro atoms. The van der Waals surface area contributed by atoms with Gasteiger partial charge in [0.25, 0.3) is 5.91 Å². The standard InChI is InChI=1S/C29H30ClF4N3O5/c1-6-19(28(10-11-28)29(32,33)34)22(15(2)30)24(38)37-21-14-36(26(41)42-27(3,4)5)12-9-18(21)23(35-37)17-8-7-16(25(39)40)13-20(17)31/h7-8,13H,2,6,9-12,14H2,1,3-5H3,(H,39,40)/b22-19-. The van der Waals surface area contributed by atoms with Crippen LogP contribution in [0, 0.1) is 11.2 Å². The van der Waals surface area contributed by atoms with Gasteiger partial charge in [-0.25, -0.2) is 14.0 Å². The van der Waals surface area contributed by atoms with Crippen molar-refractivity contribution in [2.24, 2.45) is 5.41 Å². The minimum absolute atomic E-state index is 0.00818. The summed E-state index contributed by atoms with van der Waals surface area (Å²) in [5, 5.41) is 13.2. The summed E-state index contributed by atoms with van der Waals surface area (Å²) >= 11 is 6.20. The molecule has 8 nitrogen and oxygen atoms in total. The third kappa shape index (κ3) is 5.68. The number of nitrogens with zero attached hydrogens (tertiary/aromatic N) is 3. The van der Waals surface area contributed by atoms with E-state index in [9.17, 15) is 32.7 Å². The first kappa shape index (κ1) is 31.3. The van der Waals surface area contributed by atoms with Gasteiger partial charge in [-0.05, 0) is 70.2 Å². The van der Waals surface area contributed by atoms with Crippen LogP contribution in [-0.2, 0) is 17.7 Å². The van der Waals surface area contributed by atoms with E-state index in [-0.39, 0.29) is 66.9 Å². The number of halogens is 5. The van der Waals surface area contributed by atoms with E-state index in [1.54, 1.807) is 20.8 Å². The molecule has 0 saturated heterocycles.